The van der Waals surface area contributed by atoms with Crippen LogP contribution in [0.3, 0.4) is 0 Å². The number of hydrogen-bond acceptors (Lipinski definition) is 8. The van der Waals surface area contributed by atoms with Crippen LogP contribution in [0.2, 0.25) is 0 Å². The molecule has 0 atom stereocenters. The number of carbonyl (C=O) groups excluding carboxylic acids is 5. The van der Waals surface area contributed by atoms with E-state index in [0.717, 1.165) is 9.78 Å². The number of fused-ring (bicyclic) bond motifs is 1. The van der Waals surface area contributed by atoms with E-state index < -0.39 is 30.3 Å². The molecule has 0 saturated carbocycles. The summed E-state index contributed by atoms with van der Waals surface area (Å²) in [7, 11) is 0. The molecule has 0 aliphatic carbocycles. The number of Topliss-reactive ketones (excluding diaryl/α,β-unsaturated/α-hetero) is 1. The van der Waals surface area contributed by atoms with E-state index >= 15 is 0 Å². The van der Waals surface area contributed by atoms with Crippen LogP contribution in [0.25, 0.3) is 0 Å². The molecule has 2 aliphatic rings. The van der Waals surface area contributed by atoms with Crippen LogP contribution in [-0.4, -0.2) is 59.2 Å². The number of urea groups is 1. The highest BCUT2D eigenvalue weighted by Crippen LogP contribution is 2.37. The van der Waals surface area contributed by atoms with Crippen LogP contribution in [0.15, 0.2) is 29.6 Å². The monoisotopic (exact) mass is 443 g/mol. The standard InChI is InChI=1S/C20H17N3O7S/c1-11(24)13-7-15-16(30-10-29-15)8-14(13)21-17(25)9-23-19(27)18(26)22(20(23)28)5-4-12-3-2-6-31-12/h2-3,6-8H,4-5,9-10H2,1H3,(H,21,25). The van der Waals surface area contributed by atoms with Crippen molar-refractivity contribution in [1.29, 1.82) is 0 Å². The summed E-state index contributed by atoms with van der Waals surface area (Å²) in [6.45, 7) is 0.693. The van der Waals surface area contributed by atoms with Crippen molar-refractivity contribution in [1.82, 2.24) is 9.80 Å². The molecule has 3 heterocycles. The van der Waals surface area contributed by atoms with Crippen molar-refractivity contribution in [2.75, 3.05) is 25.2 Å². The van der Waals surface area contributed by atoms with E-state index in [1.807, 2.05) is 17.5 Å². The smallest absolute Gasteiger partial charge is 0.334 e. The quantitative estimate of drug-likeness (QED) is 0.392. The number of ether oxygens (including phenoxy) is 2. The van der Waals surface area contributed by atoms with Crippen molar-refractivity contribution in [2.45, 2.75) is 13.3 Å². The third kappa shape index (κ3) is 3.99. The number of imide groups is 2. The fraction of sp³-hybridized carbons (Fsp3) is 0.250. The number of carbonyl (C=O) groups is 5. The SMILES string of the molecule is CC(=O)c1cc2c(cc1NC(=O)CN1C(=O)C(=O)N(CCc3cccs3)C1=O)OCO2. The second-order valence-electron chi connectivity index (χ2n) is 6.82. The molecule has 1 aromatic carbocycles. The van der Waals surface area contributed by atoms with Gasteiger partial charge in [0.15, 0.2) is 17.3 Å². The van der Waals surface area contributed by atoms with E-state index in [0.29, 0.717) is 22.8 Å². The van der Waals surface area contributed by atoms with Crippen LogP contribution in [0, 0.1) is 0 Å². The molecule has 2 aliphatic heterocycles. The fourth-order valence-electron chi connectivity index (χ4n) is 3.23. The van der Waals surface area contributed by atoms with Crippen molar-refractivity contribution in [3.63, 3.8) is 0 Å². The summed E-state index contributed by atoms with van der Waals surface area (Å²) in [5.74, 6) is -2.37. The number of nitrogens with one attached hydrogen (secondary N) is 1. The van der Waals surface area contributed by atoms with Gasteiger partial charge in [-0.1, -0.05) is 6.07 Å². The first-order valence-corrected chi connectivity index (χ1v) is 10.2. The molecular formula is C20H17N3O7S. The minimum Gasteiger partial charge on any atom is -0.454 e. The Kier molecular flexibility index (Phi) is 5.42. The third-order valence-corrected chi connectivity index (χ3v) is 5.70. The minimum absolute atomic E-state index is 0.00965. The van der Waals surface area contributed by atoms with Gasteiger partial charge in [0.25, 0.3) is 0 Å². The average molecular weight is 443 g/mol. The third-order valence-electron chi connectivity index (χ3n) is 4.76. The van der Waals surface area contributed by atoms with Crippen LogP contribution in [0.1, 0.15) is 22.2 Å². The Bertz CT molecular complexity index is 1100. The zero-order valence-electron chi connectivity index (χ0n) is 16.4. The number of hydrogen-bond donors (Lipinski definition) is 1. The van der Waals surface area contributed by atoms with E-state index in [4.69, 9.17) is 9.47 Å². The first-order chi connectivity index (χ1) is 14.8. The topological polar surface area (TPSA) is 122 Å². The molecule has 10 nitrogen and oxygen atoms in total. The van der Waals surface area contributed by atoms with E-state index in [1.54, 1.807) is 0 Å². The number of rotatable bonds is 7. The number of nitrogens with zero attached hydrogens (tertiary/aromatic N) is 2. The van der Waals surface area contributed by atoms with Gasteiger partial charge in [-0.15, -0.1) is 11.3 Å². The molecule has 1 saturated heterocycles. The summed E-state index contributed by atoms with van der Waals surface area (Å²) < 4.78 is 10.5. The van der Waals surface area contributed by atoms with Crippen molar-refractivity contribution < 1.29 is 33.4 Å². The highest BCUT2D eigenvalue weighted by Gasteiger charge is 2.45. The van der Waals surface area contributed by atoms with Gasteiger partial charge in [-0.2, -0.15) is 0 Å². The normalized spacial score (nSPS) is 15.1. The largest absolute Gasteiger partial charge is 0.454 e. The summed E-state index contributed by atoms with van der Waals surface area (Å²) in [5, 5.41) is 4.38. The molecule has 11 heteroatoms. The molecule has 1 N–H and O–H groups in total. The Labute approximate surface area is 180 Å². The van der Waals surface area contributed by atoms with Crippen molar-refractivity contribution in [3.05, 3.63) is 40.1 Å². The van der Waals surface area contributed by atoms with Gasteiger partial charge < -0.3 is 14.8 Å². The molecule has 2 aromatic rings. The van der Waals surface area contributed by atoms with E-state index in [9.17, 15) is 24.0 Å². The minimum atomic E-state index is -1.07. The van der Waals surface area contributed by atoms with Gasteiger partial charge in [-0.25, -0.2) is 9.69 Å². The van der Waals surface area contributed by atoms with E-state index in [1.165, 1.54) is 30.4 Å². The molecule has 0 unspecified atom stereocenters. The molecule has 160 valence electrons. The van der Waals surface area contributed by atoms with Gasteiger partial charge in [0.05, 0.1) is 5.69 Å². The summed E-state index contributed by atoms with van der Waals surface area (Å²) in [4.78, 5) is 63.8. The zero-order valence-corrected chi connectivity index (χ0v) is 17.2. The lowest BCUT2D eigenvalue weighted by Gasteiger charge is -2.16. The van der Waals surface area contributed by atoms with Crippen molar-refractivity contribution >= 4 is 46.6 Å². The number of benzene rings is 1. The molecule has 5 amide bonds. The maximum Gasteiger partial charge on any atom is 0.334 e. The summed E-state index contributed by atoms with van der Waals surface area (Å²) in [5.41, 5.74) is 0.340. The van der Waals surface area contributed by atoms with Gasteiger partial charge in [-0.3, -0.25) is 24.1 Å². The van der Waals surface area contributed by atoms with Crippen molar-refractivity contribution in [2.24, 2.45) is 0 Å². The molecule has 0 radical (unpaired) electrons. The maximum atomic E-state index is 12.5. The zero-order chi connectivity index (χ0) is 22.1. The molecular weight excluding hydrogens is 426 g/mol. The highest BCUT2D eigenvalue weighted by atomic mass is 32.1. The predicted molar refractivity (Wildman–Crippen MR) is 108 cm³/mol. The Morgan fingerprint density at radius 1 is 1.10 bits per heavy atom. The Morgan fingerprint density at radius 3 is 2.48 bits per heavy atom. The number of amides is 5. The Balaban J connectivity index is 1.45. The van der Waals surface area contributed by atoms with Crippen LogP contribution in [0.5, 0.6) is 11.5 Å². The van der Waals surface area contributed by atoms with Gasteiger partial charge in [0.1, 0.15) is 6.54 Å². The first kappa shape index (κ1) is 20.5. The summed E-state index contributed by atoms with van der Waals surface area (Å²) >= 11 is 1.48. The highest BCUT2D eigenvalue weighted by molar-refractivity contribution is 7.09. The first-order valence-electron chi connectivity index (χ1n) is 9.29. The average Bonchev–Trinajstić information content (AvgIpc) is 3.45. The molecule has 1 fully saturated rings. The van der Waals surface area contributed by atoms with Crippen LogP contribution in [0.4, 0.5) is 10.5 Å². The Hall–Kier alpha value is -3.73. The second-order valence-corrected chi connectivity index (χ2v) is 7.85. The lowest BCUT2D eigenvalue weighted by atomic mass is 10.1. The molecule has 1 aromatic heterocycles. The lowest BCUT2D eigenvalue weighted by Crippen LogP contribution is -2.39. The van der Waals surface area contributed by atoms with Crippen LogP contribution in [-0.2, 0) is 20.8 Å². The van der Waals surface area contributed by atoms with Gasteiger partial charge in [0, 0.05) is 29.5 Å². The fourth-order valence-corrected chi connectivity index (χ4v) is 3.93. The number of thiophene rings is 1. The van der Waals surface area contributed by atoms with Crippen molar-refractivity contribution in [3.8, 4) is 11.5 Å². The van der Waals surface area contributed by atoms with Crippen LogP contribution >= 0.6 is 11.3 Å². The van der Waals surface area contributed by atoms with Gasteiger partial charge in [0.2, 0.25) is 12.7 Å². The summed E-state index contributed by atoms with van der Waals surface area (Å²) in [6, 6.07) is 5.74. The number of anilines is 1. The van der Waals surface area contributed by atoms with E-state index in [-0.39, 0.29) is 30.4 Å². The predicted octanol–water partition coefficient (Wildman–Crippen LogP) is 1.65. The second kappa shape index (κ2) is 8.19. The lowest BCUT2D eigenvalue weighted by molar-refractivity contribution is -0.143. The summed E-state index contributed by atoms with van der Waals surface area (Å²) in [6.07, 6.45) is 0.418. The van der Waals surface area contributed by atoms with Gasteiger partial charge >= 0.3 is 17.8 Å². The molecule has 4 rings (SSSR count). The molecule has 31 heavy (non-hydrogen) atoms. The van der Waals surface area contributed by atoms with Gasteiger partial charge in [-0.05, 0) is 24.4 Å². The Morgan fingerprint density at radius 2 is 1.81 bits per heavy atom. The van der Waals surface area contributed by atoms with E-state index in [2.05, 4.69) is 5.32 Å². The molecule has 0 bridgehead atoms. The molecule has 0 spiro atoms. The maximum absolute atomic E-state index is 12.5. The van der Waals surface area contributed by atoms with Crippen LogP contribution < -0.4 is 14.8 Å². The number of ketones is 1.